The zero-order valence-corrected chi connectivity index (χ0v) is 17.5. The van der Waals surface area contributed by atoms with Crippen molar-refractivity contribution in [1.82, 2.24) is 19.9 Å². The summed E-state index contributed by atoms with van der Waals surface area (Å²) in [5, 5.41) is 13.2. The van der Waals surface area contributed by atoms with E-state index in [1.165, 1.54) is 18.2 Å². The number of rotatable bonds is 13. The van der Waals surface area contributed by atoms with E-state index in [1.54, 1.807) is 0 Å². The van der Waals surface area contributed by atoms with Crippen LogP contribution in [0.3, 0.4) is 0 Å². The number of carboxylic acid groups (broad SMARTS) is 1. The number of carbonyl (C=O) groups is 1. The number of carboxylic acids is 1. The predicted octanol–water partition coefficient (Wildman–Crippen LogP) is 2.47. The Labute approximate surface area is 187 Å². The van der Waals surface area contributed by atoms with Crippen LogP contribution in [-0.4, -0.2) is 81.1 Å². The van der Waals surface area contributed by atoms with Gasteiger partial charge in [-0.15, -0.1) is 11.8 Å². The van der Waals surface area contributed by atoms with E-state index in [0.717, 1.165) is 11.8 Å². The lowest BCUT2D eigenvalue weighted by atomic mass is 10.3. The number of hydrogen-bond donors (Lipinski definition) is 4. The summed E-state index contributed by atoms with van der Waals surface area (Å²) in [6, 6.07) is -0.741. The van der Waals surface area contributed by atoms with Crippen LogP contribution >= 0.6 is 11.8 Å². The van der Waals surface area contributed by atoms with Crippen LogP contribution in [0, 0.1) is 0 Å². The third-order valence-electron chi connectivity index (χ3n) is 3.89. The van der Waals surface area contributed by atoms with E-state index < -0.39 is 62.2 Å². The number of aliphatic carboxylic acids is 1. The number of halogens is 6. The highest BCUT2D eigenvalue weighted by Crippen LogP contribution is 2.23. The molecule has 0 aromatic carbocycles. The summed E-state index contributed by atoms with van der Waals surface area (Å²) in [5.74, 6) is -2.68. The van der Waals surface area contributed by atoms with Crippen LogP contribution in [0.4, 0.5) is 38.2 Å². The first kappa shape index (κ1) is 26.4. The van der Waals surface area contributed by atoms with Crippen LogP contribution in [0.25, 0.3) is 11.5 Å². The van der Waals surface area contributed by atoms with Crippen LogP contribution < -0.4 is 16.4 Å². The molecule has 0 fully saturated rings. The summed E-state index contributed by atoms with van der Waals surface area (Å²) in [5.41, 5.74) is 5.47. The van der Waals surface area contributed by atoms with Crippen LogP contribution in [0.2, 0.25) is 0 Å². The van der Waals surface area contributed by atoms with Crippen LogP contribution in [-0.2, 0) is 4.79 Å². The van der Waals surface area contributed by atoms with E-state index in [0.29, 0.717) is 5.03 Å². The molecule has 2 rings (SSSR count). The number of nitrogens with two attached hydrogens (primary N) is 1. The van der Waals surface area contributed by atoms with Crippen molar-refractivity contribution in [1.29, 1.82) is 0 Å². The van der Waals surface area contributed by atoms with E-state index in [-0.39, 0.29) is 17.3 Å². The molecule has 16 heteroatoms. The normalized spacial score (nSPS) is 14.2. The number of alkyl halides is 6. The molecule has 0 saturated heterocycles. The van der Waals surface area contributed by atoms with Gasteiger partial charge in [-0.05, 0) is 12.1 Å². The molecule has 33 heavy (non-hydrogen) atoms. The lowest BCUT2D eigenvalue weighted by Gasteiger charge is -2.17. The first-order valence-electron chi connectivity index (χ1n) is 9.20. The highest BCUT2D eigenvalue weighted by Gasteiger charge is 2.25. The summed E-state index contributed by atoms with van der Waals surface area (Å²) in [6.07, 6.45) is -6.27. The van der Waals surface area contributed by atoms with E-state index >= 15 is 0 Å². The molecular formula is C17H19F6N7O2S. The van der Waals surface area contributed by atoms with E-state index in [9.17, 15) is 31.1 Å². The Morgan fingerprint density at radius 2 is 1.52 bits per heavy atom. The fraction of sp³-hybridized carbons (Fsp3) is 0.471. The van der Waals surface area contributed by atoms with Gasteiger partial charge in [0.1, 0.15) is 37.2 Å². The summed E-state index contributed by atoms with van der Waals surface area (Å²) in [6.45, 7) is -2.97. The van der Waals surface area contributed by atoms with Gasteiger partial charge in [0.15, 0.2) is 5.82 Å². The molecule has 0 spiro atoms. The largest absolute Gasteiger partial charge is 0.480 e. The van der Waals surface area contributed by atoms with Gasteiger partial charge in [0, 0.05) is 5.75 Å². The Bertz CT molecular complexity index is 893. The Morgan fingerprint density at radius 1 is 0.970 bits per heavy atom. The second kappa shape index (κ2) is 12.4. The average Bonchev–Trinajstić information content (AvgIpc) is 2.78. The molecule has 5 N–H and O–H groups in total. The maximum Gasteiger partial charge on any atom is 0.321 e. The molecule has 0 aliphatic heterocycles. The molecule has 0 saturated carbocycles. The molecule has 2 aromatic heterocycles. The quantitative estimate of drug-likeness (QED) is 0.240. The van der Waals surface area contributed by atoms with Crippen molar-refractivity contribution in [2.24, 2.45) is 5.73 Å². The van der Waals surface area contributed by atoms with Gasteiger partial charge >= 0.3 is 5.97 Å². The Kier molecular flexibility index (Phi) is 9.90. The first-order chi connectivity index (χ1) is 15.6. The summed E-state index contributed by atoms with van der Waals surface area (Å²) in [4.78, 5) is 26.4. The maximum atomic E-state index is 12.9. The summed E-state index contributed by atoms with van der Waals surface area (Å²) in [7, 11) is 0. The molecule has 182 valence electrons. The SMILES string of the molecule is NC(CSc1cccc(-c2nc(NC(CF)C(F)F)nc(NC(CF)C(F)F)n2)n1)C(=O)O. The van der Waals surface area contributed by atoms with E-state index in [1.807, 2.05) is 10.6 Å². The number of hydrogen-bond acceptors (Lipinski definition) is 9. The second-order valence-electron chi connectivity index (χ2n) is 6.40. The van der Waals surface area contributed by atoms with Crippen molar-refractivity contribution in [3.8, 4) is 11.5 Å². The number of thioether (sulfide) groups is 1. The Balaban J connectivity index is 2.39. The fourth-order valence-corrected chi connectivity index (χ4v) is 2.99. The van der Waals surface area contributed by atoms with Crippen LogP contribution in [0.1, 0.15) is 0 Å². The minimum Gasteiger partial charge on any atom is -0.480 e. The summed E-state index contributed by atoms with van der Waals surface area (Å²) < 4.78 is 77.5. The van der Waals surface area contributed by atoms with Crippen molar-refractivity contribution < 1.29 is 36.2 Å². The molecule has 3 atom stereocenters. The molecule has 0 aliphatic rings. The van der Waals surface area contributed by atoms with Gasteiger partial charge in [-0.2, -0.15) is 15.0 Å². The third-order valence-corrected chi connectivity index (χ3v) is 4.93. The number of nitrogens with zero attached hydrogens (tertiary/aromatic N) is 4. The Hall–Kier alpha value is -2.88. The van der Waals surface area contributed by atoms with Gasteiger partial charge in [-0.1, -0.05) is 6.07 Å². The van der Waals surface area contributed by atoms with Crippen LogP contribution in [0.15, 0.2) is 23.2 Å². The van der Waals surface area contributed by atoms with Crippen molar-refractivity contribution in [3.63, 3.8) is 0 Å². The number of pyridine rings is 1. The van der Waals surface area contributed by atoms with Crippen molar-refractivity contribution in [3.05, 3.63) is 18.2 Å². The minimum atomic E-state index is -3.14. The van der Waals surface area contributed by atoms with Crippen molar-refractivity contribution >= 4 is 29.6 Å². The standard InChI is InChI=1S/C17H19F6N7O2S/c18-4-9(12(20)21)26-16-28-14(29-17(30-16)27-10(5-19)13(22)23)8-2-1-3-11(25-8)33-6-7(24)15(31)32/h1-3,7,9-10,12-13H,4-6,24H2,(H,31,32)(H2,26,27,28,29,30). The monoisotopic (exact) mass is 499 g/mol. The van der Waals surface area contributed by atoms with Gasteiger partial charge < -0.3 is 21.5 Å². The zero-order chi connectivity index (χ0) is 24.5. The predicted molar refractivity (Wildman–Crippen MR) is 108 cm³/mol. The zero-order valence-electron chi connectivity index (χ0n) is 16.6. The lowest BCUT2D eigenvalue weighted by Crippen LogP contribution is -2.33. The topological polar surface area (TPSA) is 139 Å². The molecule has 0 amide bonds. The highest BCUT2D eigenvalue weighted by atomic mass is 32.2. The van der Waals surface area contributed by atoms with Crippen LogP contribution in [0.5, 0.6) is 0 Å². The first-order valence-corrected chi connectivity index (χ1v) is 10.2. The number of nitrogens with one attached hydrogen (secondary N) is 2. The van der Waals surface area contributed by atoms with Crippen molar-refractivity contribution in [2.75, 3.05) is 29.7 Å². The maximum absolute atomic E-state index is 12.9. The van der Waals surface area contributed by atoms with Gasteiger partial charge in [-0.25, -0.2) is 31.3 Å². The fourth-order valence-electron chi connectivity index (χ4n) is 2.16. The average molecular weight is 499 g/mol. The summed E-state index contributed by atoms with van der Waals surface area (Å²) >= 11 is 0.994. The molecule has 9 nitrogen and oxygen atoms in total. The van der Waals surface area contributed by atoms with Gasteiger partial charge in [0.2, 0.25) is 11.9 Å². The smallest absolute Gasteiger partial charge is 0.321 e. The van der Waals surface area contributed by atoms with Crippen molar-refractivity contribution in [2.45, 2.75) is 36.0 Å². The Morgan fingerprint density at radius 3 is 1.97 bits per heavy atom. The highest BCUT2D eigenvalue weighted by molar-refractivity contribution is 7.99. The number of aromatic nitrogens is 4. The van der Waals surface area contributed by atoms with Gasteiger partial charge in [0.05, 0.1) is 5.03 Å². The molecule has 2 aromatic rings. The second-order valence-corrected chi connectivity index (χ2v) is 7.44. The van der Waals surface area contributed by atoms with Gasteiger partial charge in [0.25, 0.3) is 12.9 Å². The molecule has 3 unspecified atom stereocenters. The van der Waals surface area contributed by atoms with E-state index in [4.69, 9.17) is 10.8 Å². The van der Waals surface area contributed by atoms with E-state index in [2.05, 4.69) is 19.9 Å². The lowest BCUT2D eigenvalue weighted by molar-refractivity contribution is -0.137. The molecule has 2 heterocycles. The van der Waals surface area contributed by atoms with Gasteiger partial charge in [-0.3, -0.25) is 4.79 Å². The third kappa shape index (κ3) is 7.88. The molecule has 0 aliphatic carbocycles. The molecular weight excluding hydrogens is 480 g/mol. The molecule has 0 bridgehead atoms. The number of anilines is 2. The molecule has 0 radical (unpaired) electrons. The minimum absolute atomic E-state index is 0.0261.